The molecule has 0 radical (unpaired) electrons. The van der Waals surface area contributed by atoms with Crippen LogP contribution in [-0.2, 0) is 4.74 Å². The number of benzene rings is 1. The summed E-state index contributed by atoms with van der Waals surface area (Å²) in [6.07, 6.45) is 1.52. The Hall–Kier alpha value is -3.35. The van der Waals surface area contributed by atoms with E-state index in [-0.39, 0.29) is 24.0 Å². The minimum absolute atomic E-state index is 0.178. The zero-order chi connectivity index (χ0) is 19.6. The first-order valence-electron chi connectivity index (χ1n) is 8.46. The second-order valence-electron chi connectivity index (χ2n) is 6.12. The number of aryl methyl sites for hydroxylation is 1. The maximum Gasteiger partial charge on any atom is 0.338 e. The first kappa shape index (κ1) is 18.4. The van der Waals surface area contributed by atoms with E-state index in [1.165, 1.54) is 11.1 Å². The van der Waals surface area contributed by atoms with Crippen LogP contribution in [0.1, 0.15) is 33.5 Å². The highest BCUT2D eigenvalue weighted by Crippen LogP contribution is 2.35. The summed E-state index contributed by atoms with van der Waals surface area (Å²) in [5.74, 6) is 0.582. The van der Waals surface area contributed by atoms with E-state index in [9.17, 15) is 9.59 Å². The van der Waals surface area contributed by atoms with E-state index in [0.717, 1.165) is 0 Å². The summed E-state index contributed by atoms with van der Waals surface area (Å²) < 4.78 is 16.7. The maximum atomic E-state index is 12.4. The number of furan rings is 1. The molecule has 1 aromatic carbocycles. The summed E-state index contributed by atoms with van der Waals surface area (Å²) in [5, 5.41) is 0.688. The number of hydrogen-bond donors (Lipinski definition) is 0. The van der Waals surface area contributed by atoms with Crippen molar-refractivity contribution >= 4 is 22.8 Å². The normalized spacial score (nSPS) is 10.7. The van der Waals surface area contributed by atoms with Crippen LogP contribution in [0.2, 0.25) is 0 Å². The van der Waals surface area contributed by atoms with Crippen LogP contribution in [0.25, 0.3) is 11.0 Å². The van der Waals surface area contributed by atoms with Gasteiger partial charge >= 0.3 is 5.97 Å². The summed E-state index contributed by atoms with van der Waals surface area (Å²) in [6.45, 7) is 3.80. The summed E-state index contributed by atoms with van der Waals surface area (Å²) >= 11 is 0. The monoisotopic (exact) mass is 368 g/mol. The van der Waals surface area contributed by atoms with Gasteiger partial charge in [-0.25, -0.2) is 9.78 Å². The number of fused-ring (bicyclic) bond motifs is 1. The Kier molecular flexibility index (Phi) is 5.12. The van der Waals surface area contributed by atoms with Gasteiger partial charge in [-0.3, -0.25) is 4.79 Å². The largest absolute Gasteiger partial charge is 0.462 e. The van der Waals surface area contributed by atoms with Gasteiger partial charge in [0.2, 0.25) is 0 Å². The predicted molar refractivity (Wildman–Crippen MR) is 99.2 cm³/mol. The minimum atomic E-state index is -0.478. The van der Waals surface area contributed by atoms with Crippen molar-refractivity contribution in [3.8, 4) is 11.5 Å². The van der Waals surface area contributed by atoms with Crippen molar-refractivity contribution in [2.24, 2.45) is 0 Å². The van der Waals surface area contributed by atoms with Gasteiger partial charge in [-0.2, -0.15) is 0 Å². The highest BCUT2D eigenvalue weighted by molar-refractivity contribution is 5.98. The second-order valence-corrected chi connectivity index (χ2v) is 6.12. The smallest absolute Gasteiger partial charge is 0.338 e. The molecule has 0 N–H and O–H groups in total. The summed E-state index contributed by atoms with van der Waals surface area (Å²) in [5.41, 5.74) is 0.980. The highest BCUT2D eigenvalue weighted by Gasteiger charge is 2.20. The Morgan fingerprint density at radius 2 is 1.96 bits per heavy atom. The zero-order valence-corrected chi connectivity index (χ0v) is 15.6. The molecule has 0 aliphatic carbocycles. The number of hydrogen-bond acceptors (Lipinski definition) is 6. The Bertz CT molecular complexity index is 1010. The number of ether oxygens (including phenoxy) is 2. The van der Waals surface area contributed by atoms with Crippen LogP contribution in [0.15, 0.2) is 40.9 Å². The van der Waals surface area contributed by atoms with E-state index in [4.69, 9.17) is 13.9 Å². The summed E-state index contributed by atoms with van der Waals surface area (Å²) in [6, 6.07) is 8.33. The fourth-order valence-electron chi connectivity index (χ4n) is 2.61. The number of carbonyl (C=O) groups excluding carboxylic acids is 2. The van der Waals surface area contributed by atoms with Gasteiger partial charge < -0.3 is 18.8 Å². The zero-order valence-electron chi connectivity index (χ0n) is 15.6. The Balaban J connectivity index is 2.09. The molecule has 3 rings (SSSR count). The van der Waals surface area contributed by atoms with Crippen molar-refractivity contribution in [2.75, 3.05) is 20.7 Å². The van der Waals surface area contributed by atoms with Gasteiger partial charge in [0.15, 0.2) is 11.4 Å². The van der Waals surface area contributed by atoms with Crippen LogP contribution in [0.5, 0.6) is 11.5 Å². The van der Waals surface area contributed by atoms with Crippen LogP contribution >= 0.6 is 0 Å². The van der Waals surface area contributed by atoms with E-state index < -0.39 is 5.97 Å². The Labute approximate surface area is 156 Å². The van der Waals surface area contributed by atoms with Gasteiger partial charge in [-0.1, -0.05) is 0 Å². The number of nitrogens with zero attached hydrogens (tertiary/aromatic N) is 2. The lowest BCUT2D eigenvalue weighted by molar-refractivity contribution is 0.0525. The lowest BCUT2D eigenvalue weighted by Crippen LogP contribution is -2.23. The number of aromatic nitrogens is 1. The average molecular weight is 368 g/mol. The van der Waals surface area contributed by atoms with Crippen molar-refractivity contribution in [1.29, 1.82) is 0 Å². The molecule has 3 aromatic rings. The van der Waals surface area contributed by atoms with Crippen LogP contribution in [0.3, 0.4) is 0 Å². The van der Waals surface area contributed by atoms with E-state index in [0.29, 0.717) is 28.0 Å². The van der Waals surface area contributed by atoms with Crippen LogP contribution in [-0.4, -0.2) is 42.5 Å². The average Bonchev–Trinajstić information content (AvgIpc) is 3.02. The van der Waals surface area contributed by atoms with Gasteiger partial charge in [0.1, 0.15) is 17.1 Å². The lowest BCUT2D eigenvalue weighted by atomic mass is 10.1. The molecule has 27 heavy (non-hydrogen) atoms. The topological polar surface area (TPSA) is 81.9 Å². The van der Waals surface area contributed by atoms with E-state index in [1.54, 1.807) is 52.2 Å². The van der Waals surface area contributed by atoms with Crippen molar-refractivity contribution in [1.82, 2.24) is 9.88 Å². The number of amides is 1. The quantitative estimate of drug-likeness (QED) is 0.637. The molecule has 0 aliphatic heterocycles. The molecule has 0 fully saturated rings. The fourth-order valence-corrected chi connectivity index (χ4v) is 2.61. The Morgan fingerprint density at radius 3 is 2.67 bits per heavy atom. The van der Waals surface area contributed by atoms with E-state index in [2.05, 4.69) is 4.98 Å². The number of esters is 1. The standard InChI is InChI=1S/C20H20N2O5/c1-5-25-20(24)13-10-16-14(9-12(2)26-16)17(11-13)27-15-7-6-8-21-18(15)19(23)22(3)4/h6-11H,5H2,1-4H3. The first-order valence-corrected chi connectivity index (χ1v) is 8.46. The highest BCUT2D eigenvalue weighted by atomic mass is 16.5. The van der Waals surface area contributed by atoms with Gasteiger partial charge in [-0.15, -0.1) is 0 Å². The summed E-state index contributed by atoms with van der Waals surface area (Å²) in [4.78, 5) is 30.1. The van der Waals surface area contributed by atoms with Crippen LogP contribution in [0.4, 0.5) is 0 Å². The van der Waals surface area contributed by atoms with Crippen molar-refractivity contribution in [2.45, 2.75) is 13.8 Å². The fraction of sp³-hybridized carbons (Fsp3) is 0.250. The SMILES string of the molecule is CCOC(=O)c1cc(Oc2cccnc2C(=O)N(C)C)c2cc(C)oc2c1. The second kappa shape index (κ2) is 7.49. The molecule has 7 heteroatoms. The molecule has 1 amide bonds. The predicted octanol–water partition coefficient (Wildman–Crippen LogP) is 3.81. The number of carbonyl (C=O) groups is 2. The third kappa shape index (κ3) is 3.76. The van der Waals surface area contributed by atoms with E-state index >= 15 is 0 Å². The van der Waals surface area contributed by atoms with Crippen molar-refractivity contribution < 1.29 is 23.5 Å². The molecule has 2 heterocycles. The third-order valence-electron chi connectivity index (χ3n) is 3.83. The minimum Gasteiger partial charge on any atom is -0.462 e. The van der Waals surface area contributed by atoms with Gasteiger partial charge in [0.05, 0.1) is 17.6 Å². The van der Waals surface area contributed by atoms with Crippen LogP contribution < -0.4 is 4.74 Å². The molecule has 0 aliphatic rings. The molecule has 0 atom stereocenters. The van der Waals surface area contributed by atoms with Gasteiger partial charge in [0.25, 0.3) is 5.91 Å². The molecule has 0 bridgehead atoms. The number of pyridine rings is 1. The molecule has 7 nitrogen and oxygen atoms in total. The van der Waals surface area contributed by atoms with E-state index in [1.807, 2.05) is 6.07 Å². The maximum absolute atomic E-state index is 12.4. The molecule has 140 valence electrons. The lowest BCUT2D eigenvalue weighted by Gasteiger charge is -2.14. The Morgan fingerprint density at radius 1 is 1.19 bits per heavy atom. The molecule has 0 saturated carbocycles. The first-order chi connectivity index (χ1) is 12.9. The van der Waals surface area contributed by atoms with Gasteiger partial charge in [0, 0.05) is 20.3 Å². The van der Waals surface area contributed by atoms with Crippen molar-refractivity contribution in [3.05, 3.63) is 53.5 Å². The van der Waals surface area contributed by atoms with Crippen molar-refractivity contribution in [3.63, 3.8) is 0 Å². The van der Waals surface area contributed by atoms with Gasteiger partial charge in [-0.05, 0) is 44.2 Å². The molecule has 2 aromatic heterocycles. The molecular weight excluding hydrogens is 348 g/mol. The number of rotatable bonds is 5. The summed E-state index contributed by atoms with van der Waals surface area (Å²) in [7, 11) is 3.28. The van der Waals surface area contributed by atoms with Crippen LogP contribution in [0, 0.1) is 6.92 Å². The molecule has 0 saturated heterocycles. The molecule has 0 spiro atoms. The third-order valence-corrected chi connectivity index (χ3v) is 3.83. The molecular formula is C20H20N2O5. The molecule has 0 unspecified atom stereocenters.